The molecule has 0 aromatic carbocycles. The van der Waals surface area contributed by atoms with Crippen molar-refractivity contribution in [2.75, 3.05) is 18.6 Å². The molecule has 6 nitrogen and oxygen atoms in total. The van der Waals surface area contributed by atoms with Crippen molar-refractivity contribution in [3.05, 3.63) is 11.9 Å². The maximum atomic E-state index is 5.71. The molecule has 1 aliphatic carbocycles. The fraction of sp³-hybridized carbons (Fsp3) is 0.667. The number of ether oxygens (including phenoxy) is 2. The second kappa shape index (κ2) is 5.97. The van der Waals surface area contributed by atoms with Crippen molar-refractivity contribution in [2.24, 2.45) is 5.84 Å². The molecule has 1 aromatic heterocycles. The highest BCUT2D eigenvalue weighted by molar-refractivity contribution is 5.38. The molecule has 0 aliphatic heterocycles. The third kappa shape index (κ3) is 3.54. The molecule has 2 rings (SSSR count). The number of hydrazine groups is 1. The van der Waals surface area contributed by atoms with Crippen molar-refractivity contribution >= 4 is 5.82 Å². The summed E-state index contributed by atoms with van der Waals surface area (Å²) in [6.07, 6.45) is 2.24. The zero-order valence-corrected chi connectivity index (χ0v) is 10.8. The Labute approximate surface area is 107 Å². The minimum Gasteiger partial charge on any atom is -0.472 e. The van der Waals surface area contributed by atoms with Crippen LogP contribution in [0.25, 0.3) is 0 Å². The van der Waals surface area contributed by atoms with E-state index >= 15 is 0 Å². The molecule has 1 unspecified atom stereocenters. The Kier molecular flexibility index (Phi) is 4.33. The van der Waals surface area contributed by atoms with Crippen LogP contribution in [0.15, 0.2) is 6.07 Å². The van der Waals surface area contributed by atoms with Crippen LogP contribution < -0.4 is 16.0 Å². The summed E-state index contributed by atoms with van der Waals surface area (Å²) in [7, 11) is 0. The Morgan fingerprint density at radius 2 is 2.28 bits per heavy atom. The standard InChI is InChI=1S/C12H20N4O2/c1-3-17-7-8(2)18-11-6-10(16-13)14-12(15-11)9-4-5-9/h6,8-9H,3-5,7,13H2,1-2H3,(H,14,15,16). The van der Waals surface area contributed by atoms with Crippen molar-refractivity contribution in [3.8, 4) is 5.88 Å². The Morgan fingerprint density at radius 1 is 1.50 bits per heavy atom. The molecular weight excluding hydrogens is 232 g/mol. The molecule has 1 fully saturated rings. The van der Waals surface area contributed by atoms with Crippen LogP contribution in [0.2, 0.25) is 0 Å². The van der Waals surface area contributed by atoms with Crippen molar-refractivity contribution < 1.29 is 9.47 Å². The van der Waals surface area contributed by atoms with Crippen LogP contribution in [0.5, 0.6) is 5.88 Å². The van der Waals surface area contributed by atoms with Gasteiger partial charge in [-0.05, 0) is 26.7 Å². The van der Waals surface area contributed by atoms with Crippen LogP contribution in [0.3, 0.4) is 0 Å². The third-order valence-corrected chi connectivity index (χ3v) is 2.69. The summed E-state index contributed by atoms with van der Waals surface area (Å²) < 4.78 is 11.0. The summed E-state index contributed by atoms with van der Waals surface area (Å²) in [5.74, 6) is 7.81. The molecule has 1 heterocycles. The van der Waals surface area contributed by atoms with E-state index in [-0.39, 0.29) is 6.10 Å². The second-order valence-electron chi connectivity index (χ2n) is 4.46. The zero-order chi connectivity index (χ0) is 13.0. The summed E-state index contributed by atoms with van der Waals surface area (Å²) in [5, 5.41) is 0. The molecule has 1 atom stereocenters. The first-order valence-electron chi connectivity index (χ1n) is 6.33. The number of rotatable bonds is 7. The number of nitrogens with zero attached hydrogens (tertiary/aromatic N) is 2. The Morgan fingerprint density at radius 3 is 2.89 bits per heavy atom. The van der Waals surface area contributed by atoms with Gasteiger partial charge < -0.3 is 14.9 Å². The van der Waals surface area contributed by atoms with E-state index in [1.807, 2.05) is 13.8 Å². The molecule has 1 aromatic rings. The van der Waals surface area contributed by atoms with Crippen LogP contribution >= 0.6 is 0 Å². The molecule has 1 saturated carbocycles. The number of aromatic nitrogens is 2. The molecule has 0 bridgehead atoms. The lowest BCUT2D eigenvalue weighted by molar-refractivity contribution is 0.0632. The zero-order valence-electron chi connectivity index (χ0n) is 10.8. The van der Waals surface area contributed by atoms with Crippen LogP contribution in [-0.2, 0) is 4.74 Å². The van der Waals surface area contributed by atoms with Gasteiger partial charge in [-0.25, -0.2) is 10.8 Å². The van der Waals surface area contributed by atoms with E-state index in [0.29, 0.717) is 30.8 Å². The first kappa shape index (κ1) is 13.0. The van der Waals surface area contributed by atoms with Gasteiger partial charge in [0.15, 0.2) is 0 Å². The van der Waals surface area contributed by atoms with Crippen LogP contribution in [0.4, 0.5) is 5.82 Å². The summed E-state index contributed by atoms with van der Waals surface area (Å²) in [4.78, 5) is 8.73. The third-order valence-electron chi connectivity index (χ3n) is 2.69. The fourth-order valence-corrected chi connectivity index (χ4v) is 1.63. The Hall–Kier alpha value is -1.40. The normalized spacial score (nSPS) is 16.4. The summed E-state index contributed by atoms with van der Waals surface area (Å²) in [6.45, 7) is 5.13. The second-order valence-corrected chi connectivity index (χ2v) is 4.46. The molecule has 100 valence electrons. The van der Waals surface area contributed by atoms with E-state index < -0.39 is 0 Å². The molecule has 6 heteroatoms. The van der Waals surface area contributed by atoms with Gasteiger partial charge in [0.1, 0.15) is 17.7 Å². The topological polar surface area (TPSA) is 82.3 Å². The average Bonchev–Trinajstić information content (AvgIpc) is 3.20. The Balaban J connectivity index is 2.04. The first-order chi connectivity index (χ1) is 8.72. The van der Waals surface area contributed by atoms with Gasteiger partial charge in [0.05, 0.1) is 6.61 Å². The quantitative estimate of drug-likeness (QED) is 0.564. The van der Waals surface area contributed by atoms with Crippen molar-refractivity contribution in [2.45, 2.75) is 38.7 Å². The van der Waals surface area contributed by atoms with E-state index in [2.05, 4.69) is 15.4 Å². The molecule has 0 saturated heterocycles. The summed E-state index contributed by atoms with van der Waals surface area (Å²) in [5.41, 5.74) is 2.54. The lowest BCUT2D eigenvalue weighted by atomic mass is 10.4. The van der Waals surface area contributed by atoms with Crippen molar-refractivity contribution in [3.63, 3.8) is 0 Å². The monoisotopic (exact) mass is 252 g/mol. The van der Waals surface area contributed by atoms with Gasteiger partial charge in [-0.2, -0.15) is 4.98 Å². The number of nitrogens with one attached hydrogen (secondary N) is 1. The van der Waals surface area contributed by atoms with Crippen LogP contribution in [0, 0.1) is 0 Å². The van der Waals surface area contributed by atoms with Gasteiger partial charge in [0.25, 0.3) is 0 Å². The number of hydrogen-bond donors (Lipinski definition) is 2. The maximum absolute atomic E-state index is 5.71. The number of nitrogens with two attached hydrogens (primary N) is 1. The summed E-state index contributed by atoms with van der Waals surface area (Å²) >= 11 is 0. The average molecular weight is 252 g/mol. The van der Waals surface area contributed by atoms with Crippen LogP contribution in [-0.4, -0.2) is 29.3 Å². The largest absolute Gasteiger partial charge is 0.472 e. The summed E-state index contributed by atoms with van der Waals surface area (Å²) in [6, 6.07) is 1.70. The van der Waals surface area contributed by atoms with Gasteiger partial charge in [-0.3, -0.25) is 0 Å². The molecule has 18 heavy (non-hydrogen) atoms. The number of hydrogen-bond acceptors (Lipinski definition) is 6. The molecule has 0 spiro atoms. The predicted molar refractivity (Wildman–Crippen MR) is 68.4 cm³/mol. The lowest BCUT2D eigenvalue weighted by Crippen LogP contribution is -2.20. The lowest BCUT2D eigenvalue weighted by Gasteiger charge is -2.14. The van der Waals surface area contributed by atoms with Gasteiger partial charge in [-0.1, -0.05) is 0 Å². The smallest absolute Gasteiger partial charge is 0.219 e. The minimum atomic E-state index is -0.0440. The maximum Gasteiger partial charge on any atom is 0.219 e. The molecule has 1 aliphatic rings. The van der Waals surface area contributed by atoms with E-state index in [9.17, 15) is 0 Å². The van der Waals surface area contributed by atoms with Crippen molar-refractivity contribution in [1.29, 1.82) is 0 Å². The highest BCUT2D eigenvalue weighted by Gasteiger charge is 2.27. The van der Waals surface area contributed by atoms with Crippen LogP contribution in [0.1, 0.15) is 38.4 Å². The van der Waals surface area contributed by atoms with E-state index in [1.54, 1.807) is 6.07 Å². The molecular formula is C12H20N4O2. The van der Waals surface area contributed by atoms with Gasteiger partial charge >= 0.3 is 0 Å². The molecule has 0 radical (unpaired) electrons. The molecule has 0 amide bonds. The van der Waals surface area contributed by atoms with Gasteiger partial charge in [0.2, 0.25) is 5.88 Å². The number of nitrogen functional groups attached to an aromatic ring is 1. The van der Waals surface area contributed by atoms with E-state index in [4.69, 9.17) is 15.3 Å². The highest BCUT2D eigenvalue weighted by atomic mass is 16.5. The van der Waals surface area contributed by atoms with Gasteiger partial charge in [-0.15, -0.1) is 0 Å². The Bertz CT molecular complexity index is 396. The molecule has 3 N–H and O–H groups in total. The first-order valence-corrected chi connectivity index (χ1v) is 6.33. The minimum absolute atomic E-state index is 0.0440. The van der Waals surface area contributed by atoms with Crippen molar-refractivity contribution in [1.82, 2.24) is 9.97 Å². The predicted octanol–water partition coefficient (Wildman–Crippen LogP) is 1.44. The fourth-order valence-electron chi connectivity index (χ4n) is 1.63. The number of anilines is 1. The highest BCUT2D eigenvalue weighted by Crippen LogP contribution is 2.39. The SMILES string of the molecule is CCOCC(C)Oc1cc(NN)nc(C2CC2)n1. The van der Waals surface area contributed by atoms with E-state index in [1.165, 1.54) is 0 Å². The van der Waals surface area contributed by atoms with Gasteiger partial charge in [0, 0.05) is 18.6 Å². The van der Waals surface area contributed by atoms with E-state index in [0.717, 1.165) is 18.7 Å².